The third-order valence-electron chi connectivity index (χ3n) is 3.96. The predicted molar refractivity (Wildman–Crippen MR) is 98.0 cm³/mol. The van der Waals surface area contributed by atoms with Gasteiger partial charge in [0, 0.05) is 0 Å². The summed E-state index contributed by atoms with van der Waals surface area (Å²) in [6.07, 6.45) is 0. The summed E-state index contributed by atoms with van der Waals surface area (Å²) >= 11 is 1.43. The molecule has 2 aromatic carbocycles. The minimum Gasteiger partial charge on any atom is -0.506 e. The van der Waals surface area contributed by atoms with Gasteiger partial charge >= 0.3 is 0 Å². The van der Waals surface area contributed by atoms with Crippen LogP contribution in [-0.4, -0.2) is 10.2 Å². The third-order valence-corrected chi connectivity index (χ3v) is 5.02. The lowest BCUT2D eigenvalue weighted by Crippen LogP contribution is -1.94. The van der Waals surface area contributed by atoms with Crippen LogP contribution in [0.2, 0.25) is 0 Å². The highest BCUT2D eigenvalue weighted by Crippen LogP contribution is 2.44. The van der Waals surface area contributed by atoms with Gasteiger partial charge in [-0.2, -0.15) is 0 Å². The van der Waals surface area contributed by atoms with Gasteiger partial charge in [0.25, 0.3) is 0 Å². The first-order valence-electron chi connectivity index (χ1n) is 8.05. The standard InChI is InChI=1S/C20H26O2S/c1-11(2)15-7-13(5)9-17(19(15)21)23-18-10-14(6)8-16(12(3)4)20(18)22/h7-12,21-22H,1-6H3. The minimum atomic E-state index is 0.256. The molecule has 3 heteroatoms. The molecule has 0 unspecified atom stereocenters. The summed E-state index contributed by atoms with van der Waals surface area (Å²) < 4.78 is 0. The van der Waals surface area contributed by atoms with Gasteiger partial charge in [0.05, 0.1) is 9.79 Å². The van der Waals surface area contributed by atoms with Crippen LogP contribution in [0.3, 0.4) is 0 Å². The first kappa shape index (κ1) is 17.7. The second kappa shape index (κ2) is 6.88. The maximum atomic E-state index is 10.6. The number of phenolic OH excluding ortho intramolecular Hbond substituents is 2. The predicted octanol–water partition coefficient (Wildman–Crippen LogP) is 6.11. The molecule has 2 rings (SSSR count). The molecule has 0 aliphatic rings. The maximum absolute atomic E-state index is 10.6. The molecule has 0 saturated carbocycles. The highest BCUT2D eigenvalue weighted by molar-refractivity contribution is 7.99. The molecule has 0 aromatic heterocycles. The fourth-order valence-corrected chi connectivity index (χ4v) is 3.86. The number of rotatable bonds is 4. The molecule has 23 heavy (non-hydrogen) atoms. The molecule has 124 valence electrons. The summed E-state index contributed by atoms with van der Waals surface area (Å²) in [5.41, 5.74) is 4.13. The number of aromatic hydroxyl groups is 2. The first-order valence-corrected chi connectivity index (χ1v) is 8.87. The molecule has 2 N–H and O–H groups in total. The molecule has 0 fully saturated rings. The Hall–Kier alpha value is -1.61. The first-order chi connectivity index (χ1) is 10.7. The van der Waals surface area contributed by atoms with E-state index >= 15 is 0 Å². The average molecular weight is 330 g/mol. The van der Waals surface area contributed by atoms with E-state index in [1.54, 1.807) is 0 Å². The van der Waals surface area contributed by atoms with Crippen molar-refractivity contribution in [2.75, 3.05) is 0 Å². The van der Waals surface area contributed by atoms with Gasteiger partial charge in [0.2, 0.25) is 0 Å². The summed E-state index contributed by atoms with van der Waals surface area (Å²) in [6.45, 7) is 12.4. The van der Waals surface area contributed by atoms with Crippen molar-refractivity contribution < 1.29 is 10.2 Å². The Balaban J connectivity index is 2.52. The fraction of sp³-hybridized carbons (Fsp3) is 0.400. The average Bonchev–Trinajstić information content (AvgIpc) is 2.45. The van der Waals surface area contributed by atoms with E-state index in [9.17, 15) is 10.2 Å². The summed E-state index contributed by atoms with van der Waals surface area (Å²) in [7, 11) is 0. The van der Waals surface area contributed by atoms with Crippen molar-refractivity contribution in [3.05, 3.63) is 46.5 Å². The zero-order valence-electron chi connectivity index (χ0n) is 14.8. The van der Waals surface area contributed by atoms with Crippen molar-refractivity contribution in [2.24, 2.45) is 0 Å². The van der Waals surface area contributed by atoms with Gasteiger partial charge in [-0.3, -0.25) is 0 Å². The second-order valence-electron chi connectivity index (χ2n) is 6.81. The molecule has 0 aliphatic carbocycles. The molecule has 0 amide bonds. The van der Waals surface area contributed by atoms with Gasteiger partial charge in [0.1, 0.15) is 11.5 Å². The zero-order valence-corrected chi connectivity index (χ0v) is 15.6. The van der Waals surface area contributed by atoms with Crippen LogP contribution >= 0.6 is 11.8 Å². The Morgan fingerprint density at radius 1 is 0.696 bits per heavy atom. The van der Waals surface area contributed by atoms with E-state index in [1.807, 2.05) is 38.1 Å². The molecule has 0 saturated heterocycles. The van der Waals surface area contributed by atoms with E-state index in [-0.39, 0.29) is 11.8 Å². The van der Waals surface area contributed by atoms with Gasteiger partial charge in [-0.25, -0.2) is 0 Å². The van der Waals surface area contributed by atoms with E-state index in [1.165, 1.54) is 11.8 Å². The Morgan fingerprint density at radius 2 is 1.04 bits per heavy atom. The SMILES string of the molecule is Cc1cc(Sc2cc(C)cc(C(C)C)c2O)c(O)c(C(C)C)c1. The summed E-state index contributed by atoms with van der Waals surface area (Å²) in [5.74, 6) is 1.16. The number of benzene rings is 2. The van der Waals surface area contributed by atoms with Crippen molar-refractivity contribution in [1.82, 2.24) is 0 Å². The Morgan fingerprint density at radius 3 is 1.35 bits per heavy atom. The lowest BCUT2D eigenvalue weighted by Gasteiger charge is -2.17. The molecular formula is C20H26O2S. The molecule has 2 nitrogen and oxygen atoms in total. The molecular weight excluding hydrogens is 304 g/mol. The smallest absolute Gasteiger partial charge is 0.132 e. The van der Waals surface area contributed by atoms with E-state index in [2.05, 4.69) is 27.7 Å². The monoisotopic (exact) mass is 330 g/mol. The van der Waals surface area contributed by atoms with E-state index < -0.39 is 0 Å². The molecule has 0 spiro atoms. The van der Waals surface area contributed by atoms with Crippen LogP contribution in [0, 0.1) is 13.8 Å². The maximum Gasteiger partial charge on any atom is 0.132 e. The van der Waals surface area contributed by atoms with Gasteiger partial charge in [-0.15, -0.1) is 0 Å². The van der Waals surface area contributed by atoms with Gasteiger partial charge in [-0.05, 0) is 60.1 Å². The van der Waals surface area contributed by atoms with Crippen LogP contribution in [0.5, 0.6) is 11.5 Å². The number of phenols is 2. The van der Waals surface area contributed by atoms with E-state index in [0.29, 0.717) is 11.5 Å². The van der Waals surface area contributed by atoms with Crippen LogP contribution in [0.25, 0.3) is 0 Å². The van der Waals surface area contributed by atoms with E-state index in [0.717, 1.165) is 32.0 Å². The van der Waals surface area contributed by atoms with Crippen LogP contribution in [-0.2, 0) is 0 Å². The quantitative estimate of drug-likeness (QED) is 0.710. The van der Waals surface area contributed by atoms with Crippen molar-refractivity contribution in [2.45, 2.75) is 63.2 Å². The zero-order chi connectivity index (χ0) is 17.3. The second-order valence-corrected chi connectivity index (χ2v) is 7.90. The lowest BCUT2D eigenvalue weighted by atomic mass is 10.00. The van der Waals surface area contributed by atoms with Crippen molar-refractivity contribution in [1.29, 1.82) is 0 Å². The van der Waals surface area contributed by atoms with Crippen LogP contribution < -0.4 is 0 Å². The Bertz CT molecular complexity index is 657. The van der Waals surface area contributed by atoms with Crippen molar-refractivity contribution >= 4 is 11.8 Å². The Kier molecular flexibility index (Phi) is 5.30. The van der Waals surface area contributed by atoms with Crippen LogP contribution in [0.4, 0.5) is 0 Å². The lowest BCUT2D eigenvalue weighted by molar-refractivity contribution is 0.449. The molecule has 0 aliphatic heterocycles. The molecule has 0 atom stereocenters. The van der Waals surface area contributed by atoms with Crippen LogP contribution in [0.15, 0.2) is 34.1 Å². The largest absolute Gasteiger partial charge is 0.506 e. The van der Waals surface area contributed by atoms with Crippen molar-refractivity contribution in [3.63, 3.8) is 0 Å². The summed E-state index contributed by atoms with van der Waals surface area (Å²) in [4.78, 5) is 1.59. The molecule has 0 heterocycles. The number of hydrogen-bond donors (Lipinski definition) is 2. The Labute approximate surface area is 143 Å². The van der Waals surface area contributed by atoms with Gasteiger partial charge < -0.3 is 10.2 Å². The summed E-state index contributed by atoms with van der Waals surface area (Å²) in [6, 6.07) is 8.00. The highest BCUT2D eigenvalue weighted by Gasteiger charge is 2.17. The van der Waals surface area contributed by atoms with E-state index in [4.69, 9.17) is 0 Å². The normalized spacial score (nSPS) is 11.5. The van der Waals surface area contributed by atoms with Crippen molar-refractivity contribution in [3.8, 4) is 11.5 Å². The number of aryl methyl sites for hydroxylation is 2. The topological polar surface area (TPSA) is 40.5 Å². The highest BCUT2D eigenvalue weighted by atomic mass is 32.2. The van der Waals surface area contributed by atoms with Crippen LogP contribution in [0.1, 0.15) is 61.8 Å². The minimum absolute atomic E-state index is 0.256. The third kappa shape index (κ3) is 3.84. The van der Waals surface area contributed by atoms with Gasteiger partial charge in [-0.1, -0.05) is 51.6 Å². The van der Waals surface area contributed by atoms with Gasteiger partial charge in [0.15, 0.2) is 0 Å². The number of hydrogen-bond acceptors (Lipinski definition) is 3. The fourth-order valence-electron chi connectivity index (χ4n) is 2.70. The molecule has 0 bridgehead atoms. The summed E-state index contributed by atoms with van der Waals surface area (Å²) in [5, 5.41) is 21.2. The molecule has 0 radical (unpaired) electrons. The molecule has 2 aromatic rings.